The van der Waals surface area contributed by atoms with Crippen molar-refractivity contribution in [1.29, 1.82) is 0 Å². The number of thioether (sulfide) groups is 1. The number of carbonyl (C=O) groups is 2. The first kappa shape index (κ1) is 21.0. The zero-order valence-electron chi connectivity index (χ0n) is 15.5. The molecule has 1 atom stereocenters. The van der Waals surface area contributed by atoms with Gasteiger partial charge in [-0.3, -0.25) is 10.1 Å². The van der Waals surface area contributed by atoms with E-state index in [1.165, 1.54) is 11.8 Å². The SMILES string of the molecule is CC(C)NC(=O)NC(=O)[C@H](C)Sc1nnc(COc2ccc(Cl)cc2)n1C. The molecule has 0 aliphatic rings. The topological polar surface area (TPSA) is 98.1 Å². The van der Waals surface area contributed by atoms with Crippen LogP contribution in [0.3, 0.4) is 0 Å². The average molecular weight is 412 g/mol. The van der Waals surface area contributed by atoms with E-state index in [0.717, 1.165) is 0 Å². The highest BCUT2D eigenvalue weighted by Gasteiger charge is 2.21. The molecule has 1 aromatic heterocycles. The standard InChI is InChI=1S/C17H22ClN5O3S/c1-10(2)19-16(25)20-15(24)11(3)27-17-22-21-14(23(17)4)9-26-13-7-5-12(18)6-8-13/h5-8,10-11H,9H2,1-4H3,(H2,19,20,24,25)/t11-/m0/s1. The minimum atomic E-state index is -0.518. The molecule has 0 saturated carbocycles. The summed E-state index contributed by atoms with van der Waals surface area (Å²) in [6, 6.07) is 6.45. The van der Waals surface area contributed by atoms with Gasteiger partial charge >= 0.3 is 6.03 Å². The van der Waals surface area contributed by atoms with Crippen LogP contribution in [0.15, 0.2) is 29.4 Å². The van der Waals surface area contributed by atoms with E-state index < -0.39 is 17.2 Å². The average Bonchev–Trinajstić information content (AvgIpc) is 2.93. The lowest BCUT2D eigenvalue weighted by Gasteiger charge is -2.13. The number of hydrogen-bond acceptors (Lipinski definition) is 6. The van der Waals surface area contributed by atoms with E-state index in [9.17, 15) is 9.59 Å². The molecule has 0 aliphatic heterocycles. The quantitative estimate of drug-likeness (QED) is 0.680. The fourth-order valence-electron chi connectivity index (χ4n) is 1.98. The molecule has 0 aliphatic carbocycles. The first-order valence-electron chi connectivity index (χ1n) is 8.31. The molecule has 0 bridgehead atoms. The predicted octanol–water partition coefficient (Wildman–Crippen LogP) is 2.76. The van der Waals surface area contributed by atoms with Gasteiger partial charge in [0.25, 0.3) is 0 Å². The number of ether oxygens (including phenoxy) is 1. The third kappa shape index (κ3) is 6.44. The smallest absolute Gasteiger partial charge is 0.321 e. The van der Waals surface area contributed by atoms with Crippen LogP contribution >= 0.6 is 23.4 Å². The Labute approximate surface area is 167 Å². The lowest BCUT2D eigenvalue weighted by atomic mass is 10.3. The lowest BCUT2D eigenvalue weighted by molar-refractivity contribution is -0.119. The number of nitrogens with one attached hydrogen (secondary N) is 2. The Bertz CT molecular complexity index is 794. The Morgan fingerprint density at radius 2 is 1.89 bits per heavy atom. The molecule has 1 aromatic carbocycles. The fourth-order valence-corrected chi connectivity index (χ4v) is 2.94. The number of hydrogen-bond donors (Lipinski definition) is 2. The maximum atomic E-state index is 12.1. The lowest BCUT2D eigenvalue weighted by Crippen LogP contribution is -2.45. The summed E-state index contributed by atoms with van der Waals surface area (Å²) in [5.74, 6) is 0.873. The highest BCUT2D eigenvalue weighted by molar-refractivity contribution is 8.00. The molecule has 8 nitrogen and oxygen atoms in total. The summed E-state index contributed by atoms with van der Waals surface area (Å²) in [6.45, 7) is 5.55. The largest absolute Gasteiger partial charge is 0.486 e. The molecule has 0 saturated heterocycles. The third-order valence-electron chi connectivity index (χ3n) is 3.41. The summed E-state index contributed by atoms with van der Waals surface area (Å²) in [6.07, 6.45) is 0. The van der Waals surface area contributed by atoms with Gasteiger partial charge in [0, 0.05) is 18.1 Å². The molecule has 0 fully saturated rings. The molecular weight excluding hydrogens is 390 g/mol. The monoisotopic (exact) mass is 411 g/mol. The van der Waals surface area contributed by atoms with Crippen LogP contribution in [0.4, 0.5) is 4.79 Å². The number of benzene rings is 1. The number of carbonyl (C=O) groups excluding carboxylic acids is 2. The van der Waals surface area contributed by atoms with Crippen molar-refractivity contribution in [2.75, 3.05) is 0 Å². The van der Waals surface area contributed by atoms with Crippen LogP contribution in [0.1, 0.15) is 26.6 Å². The summed E-state index contributed by atoms with van der Waals surface area (Å²) in [4.78, 5) is 23.7. The Hall–Kier alpha value is -2.26. The van der Waals surface area contributed by atoms with Crippen molar-refractivity contribution in [3.63, 3.8) is 0 Å². The maximum absolute atomic E-state index is 12.1. The number of rotatable bonds is 7. The molecule has 2 aromatic rings. The van der Waals surface area contributed by atoms with E-state index in [2.05, 4.69) is 20.8 Å². The van der Waals surface area contributed by atoms with Gasteiger partial charge in [-0.15, -0.1) is 10.2 Å². The molecule has 3 amide bonds. The third-order valence-corrected chi connectivity index (χ3v) is 4.80. The highest BCUT2D eigenvalue weighted by atomic mass is 35.5. The van der Waals surface area contributed by atoms with Crippen LogP contribution in [0.25, 0.3) is 0 Å². The number of aromatic nitrogens is 3. The molecule has 0 spiro atoms. The molecule has 2 N–H and O–H groups in total. The van der Waals surface area contributed by atoms with Gasteiger partial charge in [0.05, 0.1) is 5.25 Å². The minimum absolute atomic E-state index is 0.0531. The van der Waals surface area contributed by atoms with Gasteiger partial charge in [-0.2, -0.15) is 0 Å². The van der Waals surface area contributed by atoms with Crippen LogP contribution in [0, 0.1) is 0 Å². The first-order chi connectivity index (χ1) is 12.8. The van der Waals surface area contributed by atoms with E-state index in [4.69, 9.17) is 16.3 Å². The molecule has 0 unspecified atom stereocenters. The Morgan fingerprint density at radius 1 is 1.22 bits per heavy atom. The predicted molar refractivity (Wildman–Crippen MR) is 104 cm³/mol. The van der Waals surface area contributed by atoms with E-state index >= 15 is 0 Å². The zero-order chi connectivity index (χ0) is 20.0. The van der Waals surface area contributed by atoms with Crippen LogP contribution in [0.5, 0.6) is 5.75 Å². The second-order valence-corrected chi connectivity index (χ2v) is 7.82. The normalized spacial score (nSPS) is 11.9. The highest BCUT2D eigenvalue weighted by Crippen LogP contribution is 2.22. The van der Waals surface area contributed by atoms with Crippen LogP contribution in [0.2, 0.25) is 5.02 Å². The fraction of sp³-hybridized carbons (Fsp3) is 0.412. The number of urea groups is 1. The number of imide groups is 1. The van der Waals surface area contributed by atoms with Crippen molar-refractivity contribution in [3.8, 4) is 5.75 Å². The van der Waals surface area contributed by atoms with Crippen molar-refractivity contribution < 1.29 is 14.3 Å². The van der Waals surface area contributed by atoms with Crippen molar-refractivity contribution in [2.45, 2.75) is 43.8 Å². The van der Waals surface area contributed by atoms with Crippen LogP contribution in [-0.4, -0.2) is 38.0 Å². The first-order valence-corrected chi connectivity index (χ1v) is 9.56. The summed E-state index contributed by atoms with van der Waals surface area (Å²) >= 11 is 7.05. The van der Waals surface area contributed by atoms with Gasteiger partial charge in [-0.1, -0.05) is 23.4 Å². The van der Waals surface area contributed by atoms with Crippen molar-refractivity contribution in [2.24, 2.45) is 7.05 Å². The van der Waals surface area contributed by atoms with Crippen molar-refractivity contribution >= 4 is 35.3 Å². The molecule has 0 radical (unpaired) electrons. The van der Waals surface area contributed by atoms with E-state index in [1.807, 2.05) is 13.8 Å². The minimum Gasteiger partial charge on any atom is -0.486 e. The summed E-state index contributed by atoms with van der Waals surface area (Å²) in [5, 5.41) is 13.8. The zero-order valence-corrected chi connectivity index (χ0v) is 17.1. The molecular formula is C17H22ClN5O3S. The molecule has 1 heterocycles. The number of halogens is 1. The molecule has 27 heavy (non-hydrogen) atoms. The summed E-state index contributed by atoms with van der Waals surface area (Å²) in [7, 11) is 1.79. The van der Waals surface area contributed by atoms with Gasteiger partial charge < -0.3 is 14.6 Å². The molecule has 146 valence electrons. The van der Waals surface area contributed by atoms with Gasteiger partial charge in [0.15, 0.2) is 11.0 Å². The van der Waals surface area contributed by atoms with Gasteiger partial charge in [0.1, 0.15) is 12.4 Å². The second-order valence-electron chi connectivity index (χ2n) is 6.08. The second kappa shape index (κ2) is 9.61. The van der Waals surface area contributed by atoms with E-state index in [0.29, 0.717) is 21.8 Å². The van der Waals surface area contributed by atoms with Crippen molar-refractivity contribution in [1.82, 2.24) is 25.4 Å². The summed E-state index contributed by atoms with van der Waals surface area (Å²) < 4.78 is 7.41. The van der Waals surface area contributed by atoms with Gasteiger partial charge in [0.2, 0.25) is 5.91 Å². The summed E-state index contributed by atoms with van der Waals surface area (Å²) in [5.41, 5.74) is 0. The van der Waals surface area contributed by atoms with Crippen LogP contribution < -0.4 is 15.4 Å². The van der Waals surface area contributed by atoms with Gasteiger partial charge in [-0.25, -0.2) is 4.79 Å². The van der Waals surface area contributed by atoms with E-state index in [1.54, 1.807) is 42.8 Å². The maximum Gasteiger partial charge on any atom is 0.321 e. The van der Waals surface area contributed by atoms with Gasteiger partial charge in [-0.05, 0) is 45.0 Å². The Kier molecular flexibility index (Phi) is 7.49. The van der Waals surface area contributed by atoms with E-state index in [-0.39, 0.29) is 12.6 Å². The van der Waals surface area contributed by atoms with Crippen LogP contribution in [-0.2, 0) is 18.4 Å². The number of nitrogens with zero attached hydrogens (tertiary/aromatic N) is 3. The Balaban J connectivity index is 1.91. The molecule has 2 rings (SSSR count). The number of amides is 3. The Morgan fingerprint density at radius 3 is 2.52 bits per heavy atom. The molecule has 10 heteroatoms. The van der Waals surface area contributed by atoms with Crippen molar-refractivity contribution in [3.05, 3.63) is 35.1 Å².